The Kier molecular flexibility index (Phi) is 3.47. The van der Waals surface area contributed by atoms with Gasteiger partial charge in [-0.15, -0.1) is 0 Å². The van der Waals surface area contributed by atoms with Gasteiger partial charge in [-0.2, -0.15) is 5.26 Å². The smallest absolute Gasteiger partial charge is 0.239 e. The average Bonchev–Trinajstić information content (AvgIpc) is 3.12. The molecule has 0 unspecified atom stereocenters. The third kappa shape index (κ3) is 2.98. The SMILES string of the molecule is CN(CC(=O)NC1CC1)c1ccc(C#N)c(F)c1. The van der Waals surface area contributed by atoms with Gasteiger partial charge in [-0.05, 0) is 31.0 Å². The van der Waals surface area contributed by atoms with Crippen molar-refractivity contribution in [2.24, 2.45) is 0 Å². The van der Waals surface area contributed by atoms with Crippen LogP contribution in [0.15, 0.2) is 18.2 Å². The van der Waals surface area contributed by atoms with Crippen LogP contribution < -0.4 is 10.2 Å². The summed E-state index contributed by atoms with van der Waals surface area (Å²) >= 11 is 0. The number of nitrogens with one attached hydrogen (secondary N) is 1. The van der Waals surface area contributed by atoms with Crippen LogP contribution in [0, 0.1) is 17.1 Å². The summed E-state index contributed by atoms with van der Waals surface area (Å²) in [4.78, 5) is 13.2. The highest BCUT2D eigenvalue weighted by Crippen LogP contribution is 2.19. The summed E-state index contributed by atoms with van der Waals surface area (Å²) in [7, 11) is 1.72. The Morgan fingerprint density at radius 2 is 2.33 bits per heavy atom. The molecule has 0 heterocycles. The van der Waals surface area contributed by atoms with Gasteiger partial charge in [0.2, 0.25) is 5.91 Å². The lowest BCUT2D eigenvalue weighted by Gasteiger charge is -2.18. The molecule has 1 aromatic rings. The van der Waals surface area contributed by atoms with Crippen molar-refractivity contribution < 1.29 is 9.18 Å². The zero-order chi connectivity index (χ0) is 13.1. The number of carbonyl (C=O) groups is 1. The number of nitrogens with zero attached hydrogens (tertiary/aromatic N) is 2. The van der Waals surface area contributed by atoms with Gasteiger partial charge in [-0.25, -0.2) is 4.39 Å². The van der Waals surface area contributed by atoms with Gasteiger partial charge in [-0.1, -0.05) is 0 Å². The number of halogens is 1. The van der Waals surface area contributed by atoms with Gasteiger partial charge in [-0.3, -0.25) is 4.79 Å². The Morgan fingerprint density at radius 3 is 2.89 bits per heavy atom. The number of amides is 1. The zero-order valence-electron chi connectivity index (χ0n) is 10.1. The van der Waals surface area contributed by atoms with E-state index in [4.69, 9.17) is 5.26 Å². The molecule has 0 atom stereocenters. The minimum absolute atomic E-state index is 0.00887. The molecule has 0 spiro atoms. The summed E-state index contributed by atoms with van der Waals surface area (Å²) in [5.41, 5.74) is 0.590. The molecule has 1 amide bonds. The van der Waals surface area contributed by atoms with Gasteiger partial charge in [0.15, 0.2) is 0 Å². The fourth-order valence-corrected chi connectivity index (χ4v) is 1.64. The fraction of sp³-hybridized carbons (Fsp3) is 0.385. The monoisotopic (exact) mass is 247 g/mol. The topological polar surface area (TPSA) is 56.1 Å². The molecule has 5 heteroatoms. The number of rotatable bonds is 4. The first-order valence-electron chi connectivity index (χ1n) is 5.80. The minimum atomic E-state index is -0.565. The van der Waals surface area contributed by atoms with Crippen molar-refractivity contribution in [1.82, 2.24) is 5.32 Å². The summed E-state index contributed by atoms with van der Waals surface area (Å²) in [5, 5.41) is 11.5. The first-order valence-corrected chi connectivity index (χ1v) is 5.80. The second kappa shape index (κ2) is 5.05. The summed E-state index contributed by atoms with van der Waals surface area (Å²) in [6.45, 7) is 0.182. The van der Waals surface area contributed by atoms with Gasteiger partial charge >= 0.3 is 0 Å². The van der Waals surface area contributed by atoms with Crippen LogP contribution >= 0.6 is 0 Å². The molecule has 0 radical (unpaired) electrons. The van der Waals surface area contributed by atoms with Crippen molar-refractivity contribution in [2.75, 3.05) is 18.5 Å². The van der Waals surface area contributed by atoms with Crippen molar-refractivity contribution in [3.8, 4) is 6.07 Å². The summed E-state index contributed by atoms with van der Waals surface area (Å²) in [5.74, 6) is -0.630. The van der Waals surface area contributed by atoms with E-state index < -0.39 is 5.82 Å². The lowest BCUT2D eigenvalue weighted by atomic mass is 10.2. The van der Waals surface area contributed by atoms with E-state index in [-0.39, 0.29) is 18.0 Å². The molecular formula is C13H14FN3O. The Balaban J connectivity index is 1.99. The van der Waals surface area contributed by atoms with E-state index in [2.05, 4.69) is 5.32 Å². The van der Waals surface area contributed by atoms with E-state index in [1.165, 1.54) is 12.1 Å². The molecule has 1 fully saturated rings. The third-order valence-electron chi connectivity index (χ3n) is 2.84. The highest BCUT2D eigenvalue weighted by Gasteiger charge is 2.23. The fourth-order valence-electron chi connectivity index (χ4n) is 1.64. The van der Waals surface area contributed by atoms with Crippen molar-refractivity contribution in [3.63, 3.8) is 0 Å². The maximum absolute atomic E-state index is 13.4. The van der Waals surface area contributed by atoms with E-state index in [0.29, 0.717) is 11.7 Å². The highest BCUT2D eigenvalue weighted by molar-refractivity contribution is 5.81. The molecule has 1 saturated carbocycles. The molecule has 94 valence electrons. The molecule has 4 nitrogen and oxygen atoms in total. The normalized spacial score (nSPS) is 13.8. The Morgan fingerprint density at radius 1 is 1.61 bits per heavy atom. The quantitative estimate of drug-likeness (QED) is 0.875. The largest absolute Gasteiger partial charge is 0.365 e. The molecule has 0 saturated heterocycles. The number of hydrogen-bond acceptors (Lipinski definition) is 3. The number of hydrogen-bond donors (Lipinski definition) is 1. The standard InChI is InChI=1S/C13H14FN3O/c1-17(8-13(18)16-10-3-4-10)11-5-2-9(7-15)12(14)6-11/h2,5-6,10H,3-4,8H2,1H3,(H,16,18). The van der Waals surface area contributed by atoms with E-state index in [0.717, 1.165) is 12.8 Å². The molecule has 1 aliphatic rings. The van der Waals surface area contributed by atoms with Gasteiger partial charge in [0.1, 0.15) is 11.9 Å². The number of likely N-dealkylation sites (N-methyl/N-ethyl adjacent to an activating group) is 1. The predicted molar refractivity (Wildman–Crippen MR) is 65.5 cm³/mol. The lowest BCUT2D eigenvalue weighted by molar-refractivity contribution is -0.119. The van der Waals surface area contributed by atoms with Crippen LogP contribution in [0.3, 0.4) is 0 Å². The average molecular weight is 247 g/mol. The molecule has 1 aromatic carbocycles. The summed E-state index contributed by atoms with van der Waals surface area (Å²) < 4.78 is 13.4. The number of nitriles is 1. The molecule has 0 aliphatic heterocycles. The van der Waals surface area contributed by atoms with Gasteiger partial charge in [0.05, 0.1) is 12.1 Å². The predicted octanol–water partition coefficient (Wildman–Crippen LogP) is 1.41. The molecule has 1 N–H and O–H groups in total. The maximum Gasteiger partial charge on any atom is 0.239 e. The second-order valence-corrected chi connectivity index (χ2v) is 4.47. The van der Waals surface area contributed by atoms with E-state index in [1.54, 1.807) is 24.1 Å². The lowest BCUT2D eigenvalue weighted by Crippen LogP contribution is -2.36. The van der Waals surface area contributed by atoms with Crippen molar-refractivity contribution in [3.05, 3.63) is 29.6 Å². The van der Waals surface area contributed by atoms with E-state index >= 15 is 0 Å². The van der Waals surface area contributed by atoms with Crippen molar-refractivity contribution in [2.45, 2.75) is 18.9 Å². The van der Waals surface area contributed by atoms with Gasteiger partial charge in [0, 0.05) is 18.8 Å². The van der Waals surface area contributed by atoms with Crippen LogP contribution in [0.1, 0.15) is 18.4 Å². The second-order valence-electron chi connectivity index (χ2n) is 4.47. The van der Waals surface area contributed by atoms with Crippen LogP contribution in [0.5, 0.6) is 0 Å². The van der Waals surface area contributed by atoms with Crippen LogP contribution in [-0.2, 0) is 4.79 Å². The molecule has 1 aliphatic carbocycles. The van der Waals surface area contributed by atoms with Crippen LogP contribution in [0.2, 0.25) is 0 Å². The summed E-state index contributed by atoms with van der Waals surface area (Å²) in [6, 6.07) is 6.40. The Labute approximate surface area is 105 Å². The first kappa shape index (κ1) is 12.4. The van der Waals surface area contributed by atoms with Crippen LogP contribution in [-0.4, -0.2) is 25.5 Å². The molecule has 18 heavy (non-hydrogen) atoms. The van der Waals surface area contributed by atoms with E-state index in [9.17, 15) is 9.18 Å². The number of carbonyl (C=O) groups excluding carboxylic acids is 1. The number of anilines is 1. The highest BCUT2D eigenvalue weighted by atomic mass is 19.1. The molecule has 0 bridgehead atoms. The molecular weight excluding hydrogens is 233 g/mol. The Hall–Kier alpha value is -2.09. The van der Waals surface area contributed by atoms with Gasteiger partial charge < -0.3 is 10.2 Å². The maximum atomic E-state index is 13.4. The third-order valence-corrected chi connectivity index (χ3v) is 2.84. The molecule has 2 rings (SSSR count). The zero-order valence-corrected chi connectivity index (χ0v) is 10.1. The first-order chi connectivity index (χ1) is 8.60. The van der Waals surface area contributed by atoms with Crippen molar-refractivity contribution in [1.29, 1.82) is 5.26 Å². The van der Waals surface area contributed by atoms with E-state index in [1.807, 2.05) is 0 Å². The molecule has 0 aromatic heterocycles. The minimum Gasteiger partial charge on any atom is -0.365 e. The van der Waals surface area contributed by atoms with Crippen LogP contribution in [0.4, 0.5) is 10.1 Å². The van der Waals surface area contributed by atoms with Crippen LogP contribution in [0.25, 0.3) is 0 Å². The van der Waals surface area contributed by atoms with Crippen molar-refractivity contribution >= 4 is 11.6 Å². The summed E-state index contributed by atoms with van der Waals surface area (Å²) in [6.07, 6.45) is 2.09. The Bertz CT molecular complexity index is 505. The number of benzene rings is 1. The van der Waals surface area contributed by atoms with Gasteiger partial charge in [0.25, 0.3) is 0 Å².